The fraction of sp³-hybridized carbons (Fsp3) is 0.611. The quantitative estimate of drug-likeness (QED) is 0.914. The highest BCUT2D eigenvalue weighted by atomic mass is 16.6. The largest absolute Gasteiger partial charge is 0.485 e. The van der Waals surface area contributed by atoms with Gasteiger partial charge >= 0.3 is 6.09 Å². The van der Waals surface area contributed by atoms with Gasteiger partial charge in [-0.2, -0.15) is 0 Å². The van der Waals surface area contributed by atoms with Crippen molar-refractivity contribution in [2.24, 2.45) is 0 Å². The molecule has 1 N–H and O–H groups in total. The second kappa shape index (κ2) is 7.57. The first-order valence-corrected chi connectivity index (χ1v) is 8.35. The van der Waals surface area contributed by atoms with E-state index in [0.29, 0.717) is 6.54 Å². The van der Waals surface area contributed by atoms with Crippen LogP contribution < -0.4 is 10.1 Å². The number of hydrogen-bond acceptors (Lipinski definition) is 4. The highest BCUT2D eigenvalue weighted by Crippen LogP contribution is 2.32. The molecule has 2 rings (SSSR count). The molecule has 1 saturated heterocycles. The van der Waals surface area contributed by atoms with E-state index in [1.807, 2.05) is 45.2 Å². The molecular weight excluding hydrogens is 292 g/mol. The molecule has 0 aliphatic carbocycles. The number of anilines is 1. The lowest BCUT2D eigenvalue weighted by atomic mass is 9.97. The molecule has 1 aromatic rings. The monoisotopic (exact) mass is 320 g/mol. The van der Waals surface area contributed by atoms with Crippen molar-refractivity contribution >= 4 is 11.8 Å². The van der Waals surface area contributed by atoms with Gasteiger partial charge < -0.3 is 19.7 Å². The van der Waals surface area contributed by atoms with E-state index in [0.717, 1.165) is 37.2 Å². The molecule has 1 unspecified atom stereocenters. The van der Waals surface area contributed by atoms with E-state index in [-0.39, 0.29) is 17.8 Å². The molecule has 0 radical (unpaired) electrons. The molecule has 1 aliphatic heterocycles. The molecule has 1 heterocycles. The molecule has 5 heteroatoms. The average Bonchev–Trinajstić information content (AvgIpc) is 2.69. The topological polar surface area (TPSA) is 50.8 Å². The normalized spacial score (nSPS) is 21.7. The molecule has 1 fully saturated rings. The van der Waals surface area contributed by atoms with Gasteiger partial charge in [-0.1, -0.05) is 12.1 Å². The fourth-order valence-corrected chi connectivity index (χ4v) is 2.84. The predicted octanol–water partition coefficient (Wildman–Crippen LogP) is 3.90. The third-order valence-electron chi connectivity index (χ3n) is 4.15. The van der Waals surface area contributed by atoms with Crippen LogP contribution in [0.1, 0.15) is 40.0 Å². The minimum absolute atomic E-state index is 0.0871. The van der Waals surface area contributed by atoms with Gasteiger partial charge in [0.15, 0.2) is 0 Å². The molecule has 1 aliphatic rings. The summed E-state index contributed by atoms with van der Waals surface area (Å²) in [4.78, 5) is 13.9. The van der Waals surface area contributed by atoms with E-state index in [1.54, 1.807) is 4.90 Å². The third kappa shape index (κ3) is 4.78. The van der Waals surface area contributed by atoms with Crippen LogP contribution in [0.4, 0.5) is 10.5 Å². The molecule has 1 aromatic carbocycles. The van der Waals surface area contributed by atoms with Gasteiger partial charge in [-0.3, -0.25) is 0 Å². The van der Waals surface area contributed by atoms with Crippen LogP contribution in [0, 0.1) is 0 Å². The predicted molar refractivity (Wildman–Crippen MR) is 92.1 cm³/mol. The Morgan fingerprint density at radius 2 is 2.00 bits per heavy atom. The lowest BCUT2D eigenvalue weighted by Gasteiger charge is -2.30. The van der Waals surface area contributed by atoms with Crippen LogP contribution in [0.15, 0.2) is 24.3 Å². The number of ether oxygens (including phenoxy) is 2. The van der Waals surface area contributed by atoms with Crippen molar-refractivity contribution in [3.8, 4) is 5.75 Å². The summed E-state index contributed by atoms with van der Waals surface area (Å²) in [6.07, 6.45) is 2.30. The molecule has 1 atom stereocenters. The lowest BCUT2D eigenvalue weighted by Crippen LogP contribution is -2.37. The lowest BCUT2D eigenvalue weighted by molar-refractivity contribution is 0.0633. The number of carbonyl (C=O) groups is 1. The van der Waals surface area contributed by atoms with E-state index in [9.17, 15) is 4.79 Å². The van der Waals surface area contributed by atoms with Gasteiger partial charge in [-0.05, 0) is 45.7 Å². The van der Waals surface area contributed by atoms with Crippen molar-refractivity contribution in [3.63, 3.8) is 0 Å². The Kier molecular flexibility index (Phi) is 5.74. The van der Waals surface area contributed by atoms with Gasteiger partial charge in [0.1, 0.15) is 11.4 Å². The molecule has 23 heavy (non-hydrogen) atoms. The van der Waals surface area contributed by atoms with E-state index < -0.39 is 0 Å². The number of para-hydroxylation sites is 2. The SMILES string of the molecule is CNc1ccccc1OC1(C)CCCN(C(=O)OC(C)C)CC1. The summed E-state index contributed by atoms with van der Waals surface area (Å²) in [6, 6.07) is 7.94. The van der Waals surface area contributed by atoms with Crippen LogP contribution in [0.25, 0.3) is 0 Å². The standard InChI is InChI=1S/C18H28N2O3/c1-14(2)22-17(21)20-12-7-10-18(3,11-13-20)23-16-9-6-5-8-15(16)19-4/h5-6,8-9,14,19H,7,10-13H2,1-4H3. The van der Waals surface area contributed by atoms with Crippen LogP contribution in [0.2, 0.25) is 0 Å². The summed E-state index contributed by atoms with van der Waals surface area (Å²) in [6.45, 7) is 7.24. The van der Waals surface area contributed by atoms with Gasteiger partial charge in [0.25, 0.3) is 0 Å². The number of nitrogens with zero attached hydrogens (tertiary/aromatic N) is 1. The van der Waals surface area contributed by atoms with Gasteiger partial charge in [0, 0.05) is 26.6 Å². The summed E-state index contributed by atoms with van der Waals surface area (Å²) in [7, 11) is 1.89. The van der Waals surface area contributed by atoms with Crippen molar-refractivity contribution < 1.29 is 14.3 Å². The third-order valence-corrected chi connectivity index (χ3v) is 4.15. The van der Waals surface area contributed by atoms with Gasteiger partial charge in [-0.15, -0.1) is 0 Å². The zero-order valence-electron chi connectivity index (χ0n) is 14.6. The molecule has 1 amide bonds. The molecule has 0 saturated carbocycles. The van der Waals surface area contributed by atoms with Gasteiger partial charge in [-0.25, -0.2) is 4.79 Å². The molecule has 0 spiro atoms. The van der Waals surface area contributed by atoms with E-state index in [4.69, 9.17) is 9.47 Å². The van der Waals surface area contributed by atoms with Crippen molar-refractivity contribution in [1.29, 1.82) is 0 Å². The molecule has 128 valence electrons. The number of rotatable bonds is 4. The van der Waals surface area contributed by atoms with Crippen molar-refractivity contribution in [2.45, 2.75) is 51.7 Å². The van der Waals surface area contributed by atoms with Crippen LogP contribution >= 0.6 is 0 Å². The van der Waals surface area contributed by atoms with Crippen molar-refractivity contribution in [1.82, 2.24) is 4.90 Å². The molecular formula is C18H28N2O3. The number of benzene rings is 1. The highest BCUT2D eigenvalue weighted by Gasteiger charge is 2.32. The van der Waals surface area contributed by atoms with E-state index >= 15 is 0 Å². The fourth-order valence-electron chi connectivity index (χ4n) is 2.84. The first-order chi connectivity index (χ1) is 10.9. The Morgan fingerprint density at radius 1 is 1.26 bits per heavy atom. The minimum atomic E-state index is -0.278. The Hall–Kier alpha value is -1.91. The molecule has 0 aromatic heterocycles. The molecule has 5 nitrogen and oxygen atoms in total. The van der Waals surface area contributed by atoms with E-state index in [2.05, 4.69) is 12.2 Å². The summed E-state index contributed by atoms with van der Waals surface area (Å²) < 4.78 is 11.6. The van der Waals surface area contributed by atoms with Crippen LogP contribution in [-0.2, 0) is 4.74 Å². The number of likely N-dealkylation sites (tertiary alicyclic amines) is 1. The van der Waals surface area contributed by atoms with Crippen LogP contribution in [-0.4, -0.2) is 42.8 Å². The number of amides is 1. The second-order valence-electron chi connectivity index (χ2n) is 6.57. The first-order valence-electron chi connectivity index (χ1n) is 8.35. The average molecular weight is 320 g/mol. The smallest absolute Gasteiger partial charge is 0.410 e. The Balaban J connectivity index is 2.02. The number of carbonyl (C=O) groups excluding carboxylic acids is 1. The van der Waals surface area contributed by atoms with Crippen LogP contribution in [0.3, 0.4) is 0 Å². The first kappa shape index (κ1) is 17.4. The Bertz CT molecular complexity index is 533. The zero-order chi connectivity index (χ0) is 16.9. The summed E-state index contributed by atoms with van der Waals surface area (Å²) in [5, 5.41) is 3.16. The zero-order valence-corrected chi connectivity index (χ0v) is 14.6. The maximum absolute atomic E-state index is 12.1. The number of hydrogen-bond donors (Lipinski definition) is 1. The van der Waals surface area contributed by atoms with Crippen molar-refractivity contribution in [3.05, 3.63) is 24.3 Å². The van der Waals surface area contributed by atoms with Gasteiger partial charge in [0.05, 0.1) is 11.8 Å². The summed E-state index contributed by atoms with van der Waals surface area (Å²) in [5.41, 5.74) is 0.703. The Labute approximate surface area is 139 Å². The maximum atomic E-state index is 12.1. The number of nitrogens with one attached hydrogen (secondary N) is 1. The van der Waals surface area contributed by atoms with Gasteiger partial charge in [0.2, 0.25) is 0 Å². The van der Waals surface area contributed by atoms with E-state index in [1.165, 1.54) is 0 Å². The second-order valence-corrected chi connectivity index (χ2v) is 6.57. The summed E-state index contributed by atoms with van der Waals surface area (Å²) >= 11 is 0. The Morgan fingerprint density at radius 3 is 2.70 bits per heavy atom. The molecule has 0 bridgehead atoms. The summed E-state index contributed by atoms with van der Waals surface area (Å²) in [5.74, 6) is 0.857. The van der Waals surface area contributed by atoms with Crippen LogP contribution in [0.5, 0.6) is 5.75 Å². The highest BCUT2D eigenvalue weighted by molar-refractivity contribution is 5.67. The van der Waals surface area contributed by atoms with Crippen molar-refractivity contribution in [2.75, 3.05) is 25.5 Å². The minimum Gasteiger partial charge on any atom is -0.485 e. The maximum Gasteiger partial charge on any atom is 0.410 e.